The van der Waals surface area contributed by atoms with E-state index in [4.69, 9.17) is 5.73 Å². The molecule has 10 heteroatoms. The Morgan fingerprint density at radius 3 is 2.67 bits per heavy atom. The Balaban J connectivity index is 1.44. The third kappa shape index (κ3) is 5.83. The normalized spacial score (nSPS) is 14.6. The summed E-state index contributed by atoms with van der Waals surface area (Å²) in [6.07, 6.45) is 6.86. The fraction of sp³-hybridized carbons (Fsp3) is 0.219. The van der Waals surface area contributed by atoms with Gasteiger partial charge >= 0.3 is 260 Å². The summed E-state index contributed by atoms with van der Waals surface area (Å²) in [5.41, 5.74) is 11.2. The molecule has 0 radical (unpaired) electrons. The maximum absolute atomic E-state index is 12.0. The van der Waals surface area contributed by atoms with Crippen LogP contribution >= 0.6 is 15.9 Å². The van der Waals surface area contributed by atoms with E-state index in [0.717, 1.165) is 55.9 Å². The number of benzene rings is 3. The third-order valence-corrected chi connectivity index (χ3v) is 12.2. The van der Waals surface area contributed by atoms with Crippen molar-refractivity contribution in [3.8, 4) is 6.07 Å². The first kappa shape index (κ1) is 28.1. The van der Waals surface area contributed by atoms with Crippen LogP contribution < -0.4 is 15.4 Å². The van der Waals surface area contributed by atoms with Crippen molar-refractivity contribution >= 4 is 58.5 Å². The number of nitrogens with one attached hydrogen (secondary N) is 1. The summed E-state index contributed by atoms with van der Waals surface area (Å²) >= 11 is 3.00. The molecule has 0 saturated heterocycles. The summed E-state index contributed by atoms with van der Waals surface area (Å²) in [7, 11) is 0. The van der Waals surface area contributed by atoms with E-state index in [0.29, 0.717) is 21.9 Å². The number of rotatable bonds is 10. The van der Waals surface area contributed by atoms with Crippen molar-refractivity contribution in [3.63, 3.8) is 0 Å². The topological polar surface area (TPSA) is 123 Å². The number of amides is 1. The zero-order valence-electron chi connectivity index (χ0n) is 23.0. The van der Waals surface area contributed by atoms with Crippen LogP contribution in [-0.2, 0) is 0 Å². The van der Waals surface area contributed by atoms with Crippen LogP contribution in [0.1, 0.15) is 75.7 Å². The van der Waals surface area contributed by atoms with Crippen LogP contribution in [0.4, 0.5) is 5.69 Å². The van der Waals surface area contributed by atoms with Gasteiger partial charge in [-0.2, -0.15) is 0 Å². The Morgan fingerprint density at radius 2 is 1.95 bits per heavy atom. The van der Waals surface area contributed by atoms with E-state index in [1.807, 2.05) is 35.1 Å². The number of nitrogens with zero attached hydrogens (tertiary/aromatic N) is 5. The zero-order chi connectivity index (χ0) is 29.2. The molecule has 6 rings (SSSR count). The molecular weight excluding hydrogens is 653 g/mol. The number of carbonyl (C=O) groups is 1. The fourth-order valence-corrected chi connectivity index (χ4v) is 8.95. The third-order valence-electron chi connectivity index (χ3n) is 7.53. The number of hydrogen-bond donors (Lipinski definition) is 2. The molecule has 1 aliphatic carbocycles. The number of fused-ring (bicyclic) bond motifs is 1. The number of aromatic nitrogens is 4. The Bertz CT molecular complexity index is 1810. The van der Waals surface area contributed by atoms with E-state index in [1.165, 1.54) is 5.56 Å². The number of halogens is 1. The molecule has 5 aromatic rings. The van der Waals surface area contributed by atoms with Crippen LogP contribution in [0.2, 0.25) is 0 Å². The van der Waals surface area contributed by atoms with Gasteiger partial charge in [-0.1, -0.05) is 0 Å². The number of primary amides is 1. The van der Waals surface area contributed by atoms with E-state index in [9.17, 15) is 10.1 Å². The molecule has 0 aliphatic heterocycles. The molecule has 3 N–H and O–H groups in total. The van der Waals surface area contributed by atoms with Gasteiger partial charge in [-0.15, -0.1) is 0 Å². The van der Waals surface area contributed by atoms with Crippen LogP contribution in [0.3, 0.4) is 0 Å². The van der Waals surface area contributed by atoms with E-state index in [1.54, 1.807) is 18.3 Å². The minimum absolute atomic E-state index is 0.376. The average molecular weight is 682 g/mol. The van der Waals surface area contributed by atoms with Crippen LogP contribution in [0.5, 0.6) is 0 Å². The molecule has 2 heterocycles. The van der Waals surface area contributed by atoms with Gasteiger partial charge in [-0.05, 0) is 0 Å². The van der Waals surface area contributed by atoms with Gasteiger partial charge in [0.1, 0.15) is 0 Å². The summed E-state index contributed by atoms with van der Waals surface area (Å²) in [6.45, 7) is 2.21. The van der Waals surface area contributed by atoms with Gasteiger partial charge in [0.25, 0.3) is 0 Å². The van der Waals surface area contributed by atoms with Gasteiger partial charge in [-0.3, -0.25) is 0 Å². The first-order chi connectivity index (χ1) is 20.4. The second-order valence-electron chi connectivity index (χ2n) is 10.5. The number of hydrogen-bond acceptors (Lipinski definition) is 6. The van der Waals surface area contributed by atoms with Gasteiger partial charge in [0, 0.05) is 0 Å². The number of nitriles is 1. The summed E-state index contributed by atoms with van der Waals surface area (Å²) in [5, 5.41) is 23.6. The Kier molecular flexibility index (Phi) is 8.10. The first-order valence-corrected chi connectivity index (χ1v) is 16.9. The molecule has 1 amide bonds. The molecule has 210 valence electrons. The van der Waals surface area contributed by atoms with Gasteiger partial charge < -0.3 is 0 Å². The summed E-state index contributed by atoms with van der Waals surface area (Å²) < 4.78 is 4.22. The van der Waals surface area contributed by atoms with Crippen molar-refractivity contribution in [2.24, 2.45) is 5.73 Å². The molecule has 1 unspecified atom stereocenters. The van der Waals surface area contributed by atoms with Gasteiger partial charge in [0.05, 0.1) is 0 Å². The van der Waals surface area contributed by atoms with Crippen LogP contribution in [-0.4, -0.2) is 41.6 Å². The molecule has 0 bridgehead atoms. The number of nitrogens with two attached hydrogens (primary N) is 1. The number of pyridine rings is 1. The molecule has 3 aromatic carbocycles. The molecule has 8 nitrogen and oxygen atoms in total. The standard InChI is InChI=1S/C32H29AsBrN7O/c1-2-26(19-7-4-3-5-8-19)33-29-22(16-35)17-37-31-25(29)14-23(15-27(31)34)38-30(20-9-6-10-21(13-20)32(36)42)28-18-41(40-39-28)24-11-12-24/h3-10,13-15,17-18,24,26,30,33,38H,2,11-12H2,1H3,(H2,36,42)/t26-,30+/m1/s1. The van der Waals surface area contributed by atoms with Crippen LogP contribution in [0.15, 0.2) is 83.6 Å². The Hall–Kier alpha value is -3.99. The van der Waals surface area contributed by atoms with E-state index in [-0.39, 0.29) is 6.04 Å². The van der Waals surface area contributed by atoms with E-state index < -0.39 is 21.7 Å². The van der Waals surface area contributed by atoms with Crippen LogP contribution in [0.25, 0.3) is 10.9 Å². The average Bonchev–Trinajstić information content (AvgIpc) is 3.75. The molecule has 1 saturated carbocycles. The van der Waals surface area contributed by atoms with Crippen molar-refractivity contribution in [2.75, 3.05) is 5.32 Å². The SMILES string of the molecule is CC[C@@H]([AsH]c1c(C#N)cnc2c(Br)cc(N[C@@H](c3cccc(C(N)=O)c3)c3cn(C4CC4)nn3)cc12)c1ccccc1. The number of anilines is 1. The Labute approximate surface area is 259 Å². The van der Waals surface area contributed by atoms with Gasteiger partial charge in [0.2, 0.25) is 0 Å². The van der Waals surface area contributed by atoms with E-state index >= 15 is 0 Å². The van der Waals surface area contributed by atoms with Crippen molar-refractivity contribution in [3.05, 3.63) is 112 Å². The quantitative estimate of drug-likeness (QED) is 0.193. The Morgan fingerprint density at radius 1 is 1.17 bits per heavy atom. The maximum atomic E-state index is 12.0. The summed E-state index contributed by atoms with van der Waals surface area (Å²) in [6, 6.07) is 24.3. The molecule has 42 heavy (non-hydrogen) atoms. The van der Waals surface area contributed by atoms with Crippen molar-refractivity contribution in [1.29, 1.82) is 5.26 Å². The fourth-order valence-electron chi connectivity index (χ4n) is 5.17. The molecule has 3 atom stereocenters. The van der Waals surface area contributed by atoms with Crippen molar-refractivity contribution in [2.45, 2.75) is 43.0 Å². The molecular formula is C32H29AsBrN7O. The van der Waals surface area contributed by atoms with E-state index in [2.05, 4.69) is 79.9 Å². The molecule has 0 spiro atoms. The molecule has 1 fully saturated rings. The second kappa shape index (κ2) is 12.1. The minimum atomic E-state index is -0.757. The molecule has 1 aliphatic rings. The second-order valence-corrected chi connectivity index (χ2v) is 14.4. The predicted octanol–water partition coefficient (Wildman–Crippen LogP) is 5.31. The van der Waals surface area contributed by atoms with Crippen molar-refractivity contribution in [1.82, 2.24) is 20.0 Å². The molecule has 2 aromatic heterocycles. The van der Waals surface area contributed by atoms with Crippen molar-refractivity contribution < 1.29 is 4.79 Å². The zero-order valence-corrected chi connectivity index (χ0v) is 26.6. The number of carbonyl (C=O) groups excluding carboxylic acids is 1. The first-order valence-electron chi connectivity index (χ1n) is 13.9. The summed E-state index contributed by atoms with van der Waals surface area (Å²) in [5.74, 6) is -0.487. The monoisotopic (exact) mass is 681 g/mol. The van der Waals surface area contributed by atoms with Crippen LogP contribution in [0, 0.1) is 11.3 Å². The summed E-state index contributed by atoms with van der Waals surface area (Å²) in [4.78, 5) is 16.7. The van der Waals surface area contributed by atoms with Gasteiger partial charge in [-0.25, -0.2) is 0 Å². The van der Waals surface area contributed by atoms with Gasteiger partial charge in [0.15, 0.2) is 0 Å². The predicted molar refractivity (Wildman–Crippen MR) is 169 cm³/mol.